The van der Waals surface area contributed by atoms with E-state index in [2.05, 4.69) is 5.32 Å². The Balaban J connectivity index is 3.13. The van der Waals surface area contributed by atoms with Gasteiger partial charge in [-0.1, -0.05) is 0 Å². The number of carbonyl (C=O) groups excluding carboxylic acids is 1. The van der Waals surface area contributed by atoms with E-state index < -0.39 is 6.03 Å². The molecule has 0 atom stereocenters. The number of hydrazine groups is 1. The predicted octanol–water partition coefficient (Wildman–Crippen LogP) is 0.708. The van der Waals surface area contributed by atoms with Crippen molar-refractivity contribution in [3.63, 3.8) is 0 Å². The minimum absolute atomic E-state index is 0.444. The number of nitrogens with one attached hydrogen (secondary N) is 2. The number of rotatable bonds is 4. The van der Waals surface area contributed by atoms with Crippen LogP contribution in [0.3, 0.4) is 0 Å². The van der Waals surface area contributed by atoms with Crippen LogP contribution in [0.2, 0.25) is 0 Å². The molecule has 7 heteroatoms. The summed E-state index contributed by atoms with van der Waals surface area (Å²) in [5.74, 6) is 6.31. The molecule has 0 aliphatic heterocycles. The molecule has 94 valence electrons. The van der Waals surface area contributed by atoms with E-state index in [1.165, 1.54) is 21.3 Å². The molecule has 0 bridgehead atoms. The largest absolute Gasteiger partial charge is 0.493 e. The summed E-state index contributed by atoms with van der Waals surface area (Å²) >= 11 is 0. The number of urea groups is 1. The Bertz CT molecular complexity index is 384. The molecule has 7 nitrogen and oxygen atoms in total. The number of nitrogens with two attached hydrogens (primary N) is 1. The van der Waals surface area contributed by atoms with Crippen LogP contribution in [0.4, 0.5) is 10.5 Å². The number of methoxy groups -OCH3 is 3. The fraction of sp³-hybridized carbons (Fsp3) is 0.300. The number of ether oxygens (including phenoxy) is 3. The van der Waals surface area contributed by atoms with Crippen LogP contribution < -0.4 is 30.8 Å². The Morgan fingerprint density at radius 2 is 1.65 bits per heavy atom. The summed E-state index contributed by atoms with van der Waals surface area (Å²) in [6.07, 6.45) is 0. The smallest absolute Gasteiger partial charge is 0.333 e. The second-order valence-corrected chi connectivity index (χ2v) is 3.01. The maximum Gasteiger partial charge on any atom is 0.333 e. The van der Waals surface area contributed by atoms with Gasteiger partial charge in [-0.15, -0.1) is 0 Å². The lowest BCUT2D eigenvalue weighted by Gasteiger charge is -2.14. The number of hydrogen-bond donors (Lipinski definition) is 3. The predicted molar refractivity (Wildman–Crippen MR) is 62.4 cm³/mol. The fourth-order valence-corrected chi connectivity index (χ4v) is 1.32. The minimum atomic E-state index is -0.542. The Morgan fingerprint density at radius 1 is 1.12 bits per heavy atom. The summed E-state index contributed by atoms with van der Waals surface area (Å²) in [6, 6.07) is 2.65. The molecule has 0 spiro atoms. The van der Waals surface area contributed by atoms with Crippen LogP contribution in [0.1, 0.15) is 0 Å². The van der Waals surface area contributed by atoms with E-state index in [-0.39, 0.29) is 0 Å². The summed E-state index contributed by atoms with van der Waals surface area (Å²) in [5, 5.41) is 2.50. The number of benzene rings is 1. The molecule has 0 radical (unpaired) electrons. The molecule has 1 aromatic carbocycles. The van der Waals surface area contributed by atoms with Gasteiger partial charge in [-0.3, -0.25) is 5.43 Å². The van der Waals surface area contributed by atoms with Crippen molar-refractivity contribution in [3.8, 4) is 17.2 Å². The van der Waals surface area contributed by atoms with Crippen molar-refractivity contribution in [2.24, 2.45) is 5.84 Å². The molecule has 0 heterocycles. The molecular formula is C10H15N3O4. The summed E-state index contributed by atoms with van der Waals surface area (Å²) < 4.78 is 15.4. The third-order valence-electron chi connectivity index (χ3n) is 2.05. The van der Waals surface area contributed by atoms with Crippen LogP contribution >= 0.6 is 0 Å². The number of carbonyl (C=O) groups is 1. The highest BCUT2D eigenvalue weighted by atomic mass is 16.5. The van der Waals surface area contributed by atoms with Crippen molar-refractivity contribution >= 4 is 11.7 Å². The second kappa shape index (κ2) is 5.80. The third kappa shape index (κ3) is 2.91. The minimum Gasteiger partial charge on any atom is -0.493 e. The molecule has 0 saturated heterocycles. The maximum atomic E-state index is 11.1. The van der Waals surface area contributed by atoms with Gasteiger partial charge in [-0.2, -0.15) is 0 Å². The molecule has 0 aliphatic carbocycles. The molecule has 0 unspecified atom stereocenters. The Kier molecular flexibility index (Phi) is 4.41. The highest BCUT2D eigenvalue weighted by Gasteiger charge is 2.13. The lowest BCUT2D eigenvalue weighted by Crippen LogP contribution is -2.34. The lowest BCUT2D eigenvalue weighted by atomic mass is 10.2. The van der Waals surface area contributed by atoms with Gasteiger partial charge in [0.15, 0.2) is 11.5 Å². The average Bonchev–Trinajstić information content (AvgIpc) is 2.37. The quantitative estimate of drug-likeness (QED) is 0.410. The van der Waals surface area contributed by atoms with Crippen molar-refractivity contribution in [2.45, 2.75) is 0 Å². The molecule has 1 rings (SSSR count). The highest BCUT2D eigenvalue weighted by Crippen LogP contribution is 2.39. The van der Waals surface area contributed by atoms with E-state index in [1.54, 1.807) is 12.1 Å². The number of anilines is 1. The third-order valence-corrected chi connectivity index (χ3v) is 2.05. The summed E-state index contributed by atoms with van der Waals surface area (Å²) in [4.78, 5) is 11.1. The Labute approximate surface area is 98.8 Å². The van der Waals surface area contributed by atoms with Crippen LogP contribution in [-0.4, -0.2) is 27.4 Å². The van der Waals surface area contributed by atoms with Crippen LogP contribution in [0.15, 0.2) is 12.1 Å². The topological polar surface area (TPSA) is 94.8 Å². The van der Waals surface area contributed by atoms with Crippen LogP contribution in [0.5, 0.6) is 17.2 Å². The molecule has 2 amide bonds. The van der Waals surface area contributed by atoms with Gasteiger partial charge >= 0.3 is 6.03 Å². The Hall–Kier alpha value is -2.15. The zero-order chi connectivity index (χ0) is 12.8. The van der Waals surface area contributed by atoms with Crippen molar-refractivity contribution in [2.75, 3.05) is 26.6 Å². The summed E-state index contributed by atoms with van der Waals surface area (Å²) in [6.45, 7) is 0. The SMILES string of the molecule is COc1cc(NC(=O)NN)cc(OC)c1OC. The van der Waals surface area contributed by atoms with Gasteiger partial charge in [0.2, 0.25) is 5.75 Å². The molecule has 1 aromatic rings. The molecule has 17 heavy (non-hydrogen) atoms. The van der Waals surface area contributed by atoms with Gasteiger partial charge in [0.25, 0.3) is 0 Å². The molecule has 0 aromatic heterocycles. The number of amides is 2. The normalized spacial score (nSPS) is 9.41. The van der Waals surface area contributed by atoms with Crippen LogP contribution in [0, 0.1) is 0 Å². The molecular weight excluding hydrogens is 226 g/mol. The monoisotopic (exact) mass is 241 g/mol. The lowest BCUT2D eigenvalue weighted by molar-refractivity contribution is 0.252. The van der Waals surface area contributed by atoms with E-state index in [4.69, 9.17) is 20.1 Å². The zero-order valence-electron chi connectivity index (χ0n) is 9.87. The first-order valence-electron chi connectivity index (χ1n) is 4.73. The van der Waals surface area contributed by atoms with Crippen LogP contribution in [-0.2, 0) is 0 Å². The van der Waals surface area contributed by atoms with E-state index in [0.29, 0.717) is 22.9 Å². The molecule has 0 fully saturated rings. The van der Waals surface area contributed by atoms with Gasteiger partial charge in [0.05, 0.1) is 27.0 Å². The van der Waals surface area contributed by atoms with Crippen LogP contribution in [0.25, 0.3) is 0 Å². The van der Waals surface area contributed by atoms with Gasteiger partial charge in [-0.05, 0) is 0 Å². The highest BCUT2D eigenvalue weighted by molar-refractivity contribution is 5.89. The molecule has 0 aliphatic rings. The first kappa shape index (κ1) is 12.9. The van der Waals surface area contributed by atoms with Crippen molar-refractivity contribution in [1.29, 1.82) is 0 Å². The Morgan fingerprint density at radius 3 is 2.00 bits per heavy atom. The number of hydrogen-bond acceptors (Lipinski definition) is 5. The average molecular weight is 241 g/mol. The summed E-state index contributed by atoms with van der Waals surface area (Å²) in [5.41, 5.74) is 2.43. The van der Waals surface area contributed by atoms with Gasteiger partial charge in [0, 0.05) is 12.1 Å². The van der Waals surface area contributed by atoms with Gasteiger partial charge in [-0.25, -0.2) is 10.6 Å². The van der Waals surface area contributed by atoms with Crippen molar-refractivity contribution in [3.05, 3.63) is 12.1 Å². The standard InChI is InChI=1S/C10H15N3O4/c1-15-7-4-6(12-10(14)13-11)5-8(16-2)9(7)17-3/h4-5H,11H2,1-3H3,(H2,12,13,14). The first-order valence-corrected chi connectivity index (χ1v) is 4.73. The zero-order valence-corrected chi connectivity index (χ0v) is 9.87. The van der Waals surface area contributed by atoms with Crippen molar-refractivity contribution < 1.29 is 19.0 Å². The fourth-order valence-electron chi connectivity index (χ4n) is 1.32. The van der Waals surface area contributed by atoms with E-state index in [0.717, 1.165) is 0 Å². The van der Waals surface area contributed by atoms with E-state index >= 15 is 0 Å². The van der Waals surface area contributed by atoms with E-state index in [9.17, 15) is 4.79 Å². The van der Waals surface area contributed by atoms with E-state index in [1.807, 2.05) is 5.43 Å². The van der Waals surface area contributed by atoms with Crippen molar-refractivity contribution in [1.82, 2.24) is 5.43 Å². The first-order chi connectivity index (χ1) is 8.15. The molecule has 0 saturated carbocycles. The van der Waals surface area contributed by atoms with Gasteiger partial charge in [0.1, 0.15) is 0 Å². The molecule has 4 N–H and O–H groups in total. The second-order valence-electron chi connectivity index (χ2n) is 3.01. The maximum absolute atomic E-state index is 11.1. The van der Waals surface area contributed by atoms with Gasteiger partial charge < -0.3 is 19.5 Å². The summed E-state index contributed by atoms with van der Waals surface area (Å²) in [7, 11) is 4.48.